The third-order valence-electron chi connectivity index (χ3n) is 3.82. The minimum absolute atomic E-state index is 0.165. The Kier molecular flexibility index (Phi) is 4.32. The van der Waals surface area contributed by atoms with Crippen LogP contribution in [0.3, 0.4) is 0 Å². The molecule has 1 aliphatic heterocycles. The molecule has 3 aromatic rings. The lowest BCUT2D eigenvalue weighted by molar-refractivity contribution is 0.0729. The summed E-state index contributed by atoms with van der Waals surface area (Å²) in [6, 6.07) is 0. The van der Waals surface area contributed by atoms with Crippen LogP contribution in [0.1, 0.15) is 31.5 Å². The highest BCUT2D eigenvalue weighted by atomic mass is 32.1. The Morgan fingerprint density at radius 3 is 2.46 bits per heavy atom. The molecular weight excluding hydrogens is 354 g/mol. The topological polar surface area (TPSA) is 114 Å². The van der Waals surface area contributed by atoms with Crippen LogP contribution in [0.25, 0.3) is 0 Å². The van der Waals surface area contributed by atoms with E-state index in [1.54, 1.807) is 4.90 Å². The highest BCUT2D eigenvalue weighted by molar-refractivity contribution is 7.15. The Morgan fingerprint density at radius 1 is 1.04 bits per heavy atom. The minimum Gasteiger partial charge on any atom is -0.332 e. The van der Waals surface area contributed by atoms with Crippen LogP contribution in [0.4, 0.5) is 5.13 Å². The molecule has 0 saturated carbocycles. The third kappa shape index (κ3) is 3.26. The number of amides is 2. The van der Waals surface area contributed by atoms with E-state index >= 15 is 0 Å². The monoisotopic (exact) mass is 367 g/mol. The van der Waals surface area contributed by atoms with Crippen molar-refractivity contribution in [2.45, 2.75) is 13.0 Å². The number of carbonyl (C=O) groups is 2. The quantitative estimate of drug-likeness (QED) is 0.739. The number of thiazole rings is 1. The molecule has 4 rings (SSSR count). The summed E-state index contributed by atoms with van der Waals surface area (Å²) in [4.78, 5) is 47.6. The zero-order valence-electron chi connectivity index (χ0n) is 13.5. The second-order valence-electron chi connectivity index (χ2n) is 5.50. The summed E-state index contributed by atoms with van der Waals surface area (Å²) in [7, 11) is 0. The standard InChI is InChI=1S/C16H13N7O2S/c24-14(11-7-17-2-4-19-11)22-16-21-10-1-6-23(9-13(10)26-16)15(25)12-8-18-3-5-20-12/h2-5,7-8H,1,6,9H2,(H,21,22,24). The van der Waals surface area contributed by atoms with E-state index in [2.05, 4.69) is 30.2 Å². The predicted molar refractivity (Wildman–Crippen MR) is 92.6 cm³/mol. The van der Waals surface area contributed by atoms with E-state index in [0.717, 1.165) is 10.6 Å². The number of hydrogen-bond acceptors (Lipinski definition) is 8. The van der Waals surface area contributed by atoms with Gasteiger partial charge in [-0.3, -0.25) is 24.9 Å². The van der Waals surface area contributed by atoms with Crippen molar-refractivity contribution >= 4 is 28.3 Å². The van der Waals surface area contributed by atoms with Crippen molar-refractivity contribution in [3.8, 4) is 0 Å². The van der Waals surface area contributed by atoms with Gasteiger partial charge in [0.15, 0.2) is 5.13 Å². The number of hydrogen-bond donors (Lipinski definition) is 1. The van der Waals surface area contributed by atoms with Crippen LogP contribution in [-0.2, 0) is 13.0 Å². The SMILES string of the molecule is O=C(Nc1nc2c(s1)CN(C(=O)c1cnccn1)CC2)c1cnccn1. The van der Waals surface area contributed by atoms with Gasteiger partial charge in [0.05, 0.1) is 24.6 Å². The molecule has 1 N–H and O–H groups in total. The lowest BCUT2D eigenvalue weighted by Gasteiger charge is -2.25. The first-order chi connectivity index (χ1) is 12.7. The van der Waals surface area contributed by atoms with E-state index in [4.69, 9.17) is 0 Å². The van der Waals surface area contributed by atoms with Gasteiger partial charge in [0, 0.05) is 42.6 Å². The molecule has 0 aromatic carbocycles. The first-order valence-electron chi connectivity index (χ1n) is 7.82. The molecule has 10 heteroatoms. The van der Waals surface area contributed by atoms with Gasteiger partial charge in [-0.05, 0) is 0 Å². The number of fused-ring (bicyclic) bond motifs is 1. The van der Waals surface area contributed by atoms with Gasteiger partial charge in [0.2, 0.25) is 0 Å². The first kappa shape index (κ1) is 16.2. The van der Waals surface area contributed by atoms with E-state index in [0.29, 0.717) is 30.3 Å². The summed E-state index contributed by atoms with van der Waals surface area (Å²) in [5.74, 6) is -0.529. The van der Waals surface area contributed by atoms with Crippen LogP contribution in [0, 0.1) is 0 Å². The Hall–Kier alpha value is -3.27. The molecule has 0 bridgehead atoms. The van der Waals surface area contributed by atoms with Gasteiger partial charge in [-0.2, -0.15) is 0 Å². The molecule has 4 heterocycles. The minimum atomic E-state index is -0.364. The number of nitrogens with one attached hydrogen (secondary N) is 1. The molecular formula is C16H13N7O2S. The summed E-state index contributed by atoms with van der Waals surface area (Å²) in [5, 5.41) is 3.22. The zero-order chi connectivity index (χ0) is 17.9. The van der Waals surface area contributed by atoms with Crippen molar-refractivity contribution in [2.24, 2.45) is 0 Å². The van der Waals surface area contributed by atoms with Crippen LogP contribution in [-0.4, -0.2) is 48.2 Å². The van der Waals surface area contributed by atoms with Crippen LogP contribution in [0.15, 0.2) is 37.2 Å². The van der Waals surface area contributed by atoms with E-state index in [9.17, 15) is 9.59 Å². The molecule has 0 aliphatic carbocycles. The Morgan fingerprint density at radius 2 is 1.77 bits per heavy atom. The summed E-state index contributed by atoms with van der Waals surface area (Å²) < 4.78 is 0. The fraction of sp³-hybridized carbons (Fsp3) is 0.188. The summed E-state index contributed by atoms with van der Waals surface area (Å²) in [6.07, 6.45) is 9.45. The van der Waals surface area contributed by atoms with Gasteiger partial charge >= 0.3 is 0 Å². The zero-order valence-corrected chi connectivity index (χ0v) is 14.3. The lowest BCUT2D eigenvalue weighted by atomic mass is 10.1. The average Bonchev–Trinajstić information content (AvgIpc) is 3.10. The molecule has 1 aliphatic rings. The lowest BCUT2D eigenvalue weighted by Crippen LogP contribution is -2.36. The second-order valence-corrected chi connectivity index (χ2v) is 6.58. The fourth-order valence-corrected chi connectivity index (χ4v) is 3.59. The van der Waals surface area contributed by atoms with Crippen molar-refractivity contribution < 1.29 is 9.59 Å². The van der Waals surface area contributed by atoms with Gasteiger partial charge < -0.3 is 4.90 Å². The fourth-order valence-electron chi connectivity index (χ4n) is 2.57. The van der Waals surface area contributed by atoms with Crippen molar-refractivity contribution in [1.82, 2.24) is 29.8 Å². The highest BCUT2D eigenvalue weighted by Crippen LogP contribution is 2.29. The Labute approximate surface area is 152 Å². The molecule has 0 atom stereocenters. The molecule has 0 spiro atoms. The van der Waals surface area contributed by atoms with Crippen molar-refractivity contribution in [3.63, 3.8) is 0 Å². The predicted octanol–water partition coefficient (Wildman–Crippen LogP) is 1.17. The molecule has 0 saturated heterocycles. The third-order valence-corrected chi connectivity index (χ3v) is 4.81. The largest absolute Gasteiger partial charge is 0.332 e. The first-order valence-corrected chi connectivity index (χ1v) is 8.63. The van der Waals surface area contributed by atoms with Gasteiger partial charge in [-0.15, -0.1) is 0 Å². The highest BCUT2D eigenvalue weighted by Gasteiger charge is 2.26. The van der Waals surface area contributed by atoms with Crippen LogP contribution >= 0.6 is 11.3 Å². The van der Waals surface area contributed by atoms with Crippen molar-refractivity contribution in [3.05, 3.63) is 59.1 Å². The molecule has 0 radical (unpaired) electrons. The molecule has 26 heavy (non-hydrogen) atoms. The Bertz CT molecular complexity index is 946. The normalized spacial score (nSPS) is 13.2. The summed E-state index contributed by atoms with van der Waals surface area (Å²) >= 11 is 1.35. The maximum Gasteiger partial charge on any atom is 0.277 e. The summed E-state index contributed by atoms with van der Waals surface area (Å²) in [6.45, 7) is 0.979. The van der Waals surface area contributed by atoms with Crippen LogP contribution in [0.2, 0.25) is 0 Å². The molecule has 3 aromatic heterocycles. The van der Waals surface area contributed by atoms with E-state index in [1.165, 1.54) is 48.5 Å². The Balaban J connectivity index is 1.47. The number of rotatable bonds is 3. The molecule has 0 fully saturated rings. The van der Waals surface area contributed by atoms with Gasteiger partial charge in [0.25, 0.3) is 11.8 Å². The smallest absolute Gasteiger partial charge is 0.277 e. The molecule has 0 unspecified atom stereocenters. The van der Waals surface area contributed by atoms with E-state index in [1.807, 2.05) is 0 Å². The number of anilines is 1. The number of carbonyl (C=O) groups excluding carboxylic acids is 2. The molecule has 130 valence electrons. The van der Waals surface area contributed by atoms with Gasteiger partial charge in [0.1, 0.15) is 11.4 Å². The van der Waals surface area contributed by atoms with Crippen LogP contribution in [0.5, 0.6) is 0 Å². The van der Waals surface area contributed by atoms with E-state index < -0.39 is 0 Å². The molecule has 2 amide bonds. The maximum absolute atomic E-state index is 12.5. The molecule has 9 nitrogen and oxygen atoms in total. The van der Waals surface area contributed by atoms with Gasteiger partial charge in [-0.25, -0.2) is 15.0 Å². The summed E-state index contributed by atoms with van der Waals surface area (Å²) in [5.41, 5.74) is 1.43. The van der Waals surface area contributed by atoms with Crippen molar-refractivity contribution in [1.29, 1.82) is 0 Å². The van der Waals surface area contributed by atoms with Crippen LogP contribution < -0.4 is 5.32 Å². The van der Waals surface area contributed by atoms with E-state index in [-0.39, 0.29) is 17.5 Å². The maximum atomic E-state index is 12.5. The van der Waals surface area contributed by atoms with Gasteiger partial charge in [-0.1, -0.05) is 11.3 Å². The number of aromatic nitrogens is 5. The average molecular weight is 367 g/mol. The van der Waals surface area contributed by atoms with Crippen molar-refractivity contribution in [2.75, 3.05) is 11.9 Å². The number of nitrogens with zero attached hydrogens (tertiary/aromatic N) is 6. The second kappa shape index (κ2) is 6.92.